The van der Waals surface area contributed by atoms with E-state index in [0.717, 1.165) is 18.5 Å². The first-order chi connectivity index (χ1) is 6.08. The average Bonchev–Trinajstić information content (AvgIpc) is 2.78. The van der Waals surface area contributed by atoms with E-state index in [1.54, 1.807) is 6.07 Å². The maximum absolute atomic E-state index is 11.4. The minimum atomic E-state index is -3.16. The Hall–Kier alpha value is -1.04. The third kappa shape index (κ3) is 1.82. The predicted octanol–water partition coefficient (Wildman–Crippen LogP) is 0.622. The van der Waals surface area contributed by atoms with E-state index in [4.69, 9.17) is 0 Å². The van der Waals surface area contributed by atoms with Crippen molar-refractivity contribution in [3.05, 3.63) is 11.8 Å². The van der Waals surface area contributed by atoms with Crippen molar-refractivity contribution in [3.8, 4) is 0 Å². The highest BCUT2D eigenvalue weighted by Crippen LogP contribution is 2.29. The van der Waals surface area contributed by atoms with Crippen molar-refractivity contribution in [3.63, 3.8) is 0 Å². The molecule has 0 radical (unpaired) electrons. The molecule has 72 valence electrons. The Labute approximate surface area is 76.6 Å². The van der Waals surface area contributed by atoms with Gasteiger partial charge in [0.1, 0.15) is 0 Å². The minimum Gasteiger partial charge on any atom is -0.281 e. The van der Waals surface area contributed by atoms with Crippen LogP contribution in [0.3, 0.4) is 0 Å². The monoisotopic (exact) mass is 201 g/mol. The molecule has 2 N–H and O–H groups in total. The largest absolute Gasteiger partial charge is 0.281 e. The van der Waals surface area contributed by atoms with E-state index in [2.05, 4.69) is 14.9 Å². The molecule has 0 unspecified atom stereocenters. The molecule has 1 aromatic heterocycles. The SMILES string of the molecule is Cc1cc(NS(=O)(=O)C2CC2)n[nH]1. The number of sulfonamides is 1. The van der Waals surface area contributed by atoms with E-state index in [0.29, 0.717) is 5.82 Å². The first-order valence-corrected chi connectivity index (χ1v) is 5.66. The van der Waals surface area contributed by atoms with E-state index in [9.17, 15) is 8.42 Å². The molecule has 0 amide bonds. The summed E-state index contributed by atoms with van der Waals surface area (Å²) in [4.78, 5) is 0. The van der Waals surface area contributed by atoms with Gasteiger partial charge in [0, 0.05) is 11.8 Å². The Morgan fingerprint density at radius 3 is 2.77 bits per heavy atom. The number of aromatic amines is 1. The molecule has 2 rings (SSSR count). The number of rotatable bonds is 3. The van der Waals surface area contributed by atoms with Crippen molar-refractivity contribution < 1.29 is 8.42 Å². The molecular weight excluding hydrogens is 190 g/mol. The molecule has 13 heavy (non-hydrogen) atoms. The molecule has 0 atom stereocenters. The highest BCUT2D eigenvalue weighted by atomic mass is 32.2. The van der Waals surface area contributed by atoms with Gasteiger partial charge >= 0.3 is 0 Å². The van der Waals surface area contributed by atoms with Crippen molar-refractivity contribution in [1.29, 1.82) is 0 Å². The van der Waals surface area contributed by atoms with E-state index < -0.39 is 10.0 Å². The molecule has 0 spiro atoms. The molecule has 1 aliphatic rings. The number of nitrogens with zero attached hydrogens (tertiary/aromatic N) is 1. The van der Waals surface area contributed by atoms with Crippen molar-refractivity contribution >= 4 is 15.8 Å². The topological polar surface area (TPSA) is 74.8 Å². The second kappa shape index (κ2) is 2.73. The third-order valence-electron chi connectivity index (χ3n) is 1.92. The van der Waals surface area contributed by atoms with Crippen LogP contribution >= 0.6 is 0 Å². The number of hydrogen-bond donors (Lipinski definition) is 2. The van der Waals surface area contributed by atoms with Crippen LogP contribution in [0.25, 0.3) is 0 Å². The number of hydrogen-bond acceptors (Lipinski definition) is 3. The summed E-state index contributed by atoms with van der Waals surface area (Å²) in [5.74, 6) is 0.379. The van der Waals surface area contributed by atoms with Crippen molar-refractivity contribution in [2.75, 3.05) is 4.72 Å². The first kappa shape index (κ1) is 8.55. The molecule has 1 fully saturated rings. The zero-order valence-electron chi connectivity index (χ0n) is 7.24. The Bertz CT molecular complexity index is 405. The predicted molar refractivity (Wildman–Crippen MR) is 48.9 cm³/mol. The van der Waals surface area contributed by atoms with E-state index >= 15 is 0 Å². The van der Waals surface area contributed by atoms with E-state index in [1.807, 2.05) is 6.92 Å². The zero-order valence-corrected chi connectivity index (χ0v) is 8.06. The number of aryl methyl sites for hydroxylation is 1. The summed E-state index contributed by atoms with van der Waals surface area (Å²) in [6, 6.07) is 1.67. The van der Waals surface area contributed by atoms with Gasteiger partial charge in [-0.3, -0.25) is 9.82 Å². The van der Waals surface area contributed by atoms with Crippen LogP contribution in [-0.2, 0) is 10.0 Å². The quantitative estimate of drug-likeness (QED) is 0.752. The summed E-state index contributed by atoms with van der Waals surface area (Å²) in [7, 11) is -3.16. The Balaban J connectivity index is 2.13. The lowest BCUT2D eigenvalue weighted by molar-refractivity contribution is 0.600. The maximum Gasteiger partial charge on any atom is 0.236 e. The number of nitrogens with one attached hydrogen (secondary N) is 2. The number of aromatic nitrogens is 2. The van der Waals surface area contributed by atoms with Gasteiger partial charge in [-0.25, -0.2) is 8.42 Å². The van der Waals surface area contributed by atoms with Crippen LogP contribution in [0.15, 0.2) is 6.07 Å². The molecule has 1 aromatic rings. The molecule has 5 nitrogen and oxygen atoms in total. The molecule has 0 aromatic carbocycles. The number of anilines is 1. The van der Waals surface area contributed by atoms with Gasteiger partial charge in [0.15, 0.2) is 5.82 Å². The third-order valence-corrected chi connectivity index (χ3v) is 3.76. The van der Waals surface area contributed by atoms with Gasteiger partial charge in [-0.05, 0) is 19.8 Å². The average molecular weight is 201 g/mol. The molecular formula is C7H11N3O2S. The van der Waals surface area contributed by atoms with Gasteiger partial charge in [-0.15, -0.1) is 0 Å². The highest BCUT2D eigenvalue weighted by molar-refractivity contribution is 7.93. The van der Waals surface area contributed by atoms with E-state index in [-0.39, 0.29) is 5.25 Å². The van der Waals surface area contributed by atoms with Crippen LogP contribution in [0.2, 0.25) is 0 Å². The van der Waals surface area contributed by atoms with Crippen LogP contribution in [0.4, 0.5) is 5.82 Å². The molecule has 1 heterocycles. The van der Waals surface area contributed by atoms with E-state index in [1.165, 1.54) is 0 Å². The summed E-state index contributed by atoms with van der Waals surface area (Å²) < 4.78 is 25.2. The molecule has 0 bridgehead atoms. The lowest BCUT2D eigenvalue weighted by Crippen LogP contribution is -2.17. The lowest BCUT2D eigenvalue weighted by Gasteiger charge is -2.01. The number of H-pyrrole nitrogens is 1. The summed E-state index contributed by atoms with van der Waals surface area (Å²) in [5.41, 5.74) is 0.841. The lowest BCUT2D eigenvalue weighted by atomic mass is 10.5. The van der Waals surface area contributed by atoms with Crippen LogP contribution < -0.4 is 4.72 Å². The van der Waals surface area contributed by atoms with Crippen molar-refractivity contribution in [2.45, 2.75) is 25.0 Å². The van der Waals surface area contributed by atoms with Crippen LogP contribution in [0.5, 0.6) is 0 Å². The van der Waals surface area contributed by atoms with Gasteiger partial charge in [0.2, 0.25) is 10.0 Å². The minimum absolute atomic E-state index is 0.204. The zero-order chi connectivity index (χ0) is 9.47. The Morgan fingerprint density at radius 1 is 1.62 bits per heavy atom. The molecule has 0 saturated heterocycles. The van der Waals surface area contributed by atoms with Crippen LogP contribution in [0.1, 0.15) is 18.5 Å². The fraction of sp³-hybridized carbons (Fsp3) is 0.571. The Morgan fingerprint density at radius 2 is 2.31 bits per heavy atom. The molecule has 1 saturated carbocycles. The standard InChI is InChI=1S/C7H11N3O2S/c1-5-4-7(9-8-5)10-13(11,12)6-2-3-6/h4,6H,2-3H2,1H3,(H2,8,9,10). The van der Waals surface area contributed by atoms with Gasteiger partial charge in [-0.1, -0.05) is 0 Å². The van der Waals surface area contributed by atoms with Gasteiger partial charge in [0.25, 0.3) is 0 Å². The van der Waals surface area contributed by atoms with Crippen molar-refractivity contribution in [1.82, 2.24) is 10.2 Å². The summed E-state index contributed by atoms with van der Waals surface area (Å²) >= 11 is 0. The van der Waals surface area contributed by atoms with Gasteiger partial charge in [0.05, 0.1) is 5.25 Å². The molecule has 6 heteroatoms. The summed E-state index contributed by atoms with van der Waals surface area (Å²) in [6.07, 6.45) is 1.53. The smallest absolute Gasteiger partial charge is 0.236 e. The van der Waals surface area contributed by atoms with Crippen LogP contribution in [-0.4, -0.2) is 23.9 Å². The fourth-order valence-corrected chi connectivity index (χ4v) is 2.40. The fourth-order valence-electron chi connectivity index (χ4n) is 1.08. The highest BCUT2D eigenvalue weighted by Gasteiger charge is 2.36. The first-order valence-electron chi connectivity index (χ1n) is 4.11. The summed E-state index contributed by atoms with van der Waals surface area (Å²) in [5, 5.41) is 6.27. The van der Waals surface area contributed by atoms with Gasteiger partial charge in [-0.2, -0.15) is 5.10 Å². The Kier molecular flexibility index (Phi) is 1.80. The summed E-state index contributed by atoms with van der Waals surface area (Å²) in [6.45, 7) is 1.82. The van der Waals surface area contributed by atoms with Crippen LogP contribution in [0, 0.1) is 6.92 Å². The molecule has 1 aliphatic carbocycles. The normalized spacial score (nSPS) is 17.3. The second-order valence-electron chi connectivity index (χ2n) is 3.28. The van der Waals surface area contributed by atoms with Gasteiger partial charge < -0.3 is 0 Å². The molecule has 0 aliphatic heterocycles. The second-order valence-corrected chi connectivity index (χ2v) is 5.24. The maximum atomic E-state index is 11.4. The van der Waals surface area contributed by atoms with Crippen molar-refractivity contribution in [2.24, 2.45) is 0 Å².